The maximum absolute atomic E-state index is 13.8. The van der Waals surface area contributed by atoms with Gasteiger partial charge in [0.15, 0.2) is 17.9 Å². The number of benzene rings is 2. The van der Waals surface area contributed by atoms with E-state index < -0.39 is 17.5 Å². The lowest BCUT2D eigenvalue weighted by atomic mass is 10.1. The summed E-state index contributed by atoms with van der Waals surface area (Å²) in [6.45, 7) is 0. The summed E-state index contributed by atoms with van der Waals surface area (Å²) in [6.07, 6.45) is 0.498. The van der Waals surface area contributed by atoms with Crippen molar-refractivity contribution in [1.29, 1.82) is 0 Å². The monoisotopic (exact) mass is 275 g/mol. The number of nitrogens with one attached hydrogen (secondary N) is 1. The second-order valence-electron chi connectivity index (χ2n) is 4.32. The highest BCUT2D eigenvalue weighted by atomic mass is 19.2. The summed E-state index contributed by atoms with van der Waals surface area (Å²) in [6, 6.07) is 7.52. The third-order valence-electron chi connectivity index (χ3n) is 3.14. The van der Waals surface area contributed by atoms with Crippen LogP contribution in [-0.4, -0.2) is 11.3 Å². The van der Waals surface area contributed by atoms with Gasteiger partial charge in [-0.1, -0.05) is 6.07 Å². The zero-order valence-corrected chi connectivity index (χ0v) is 10.1. The topological polar surface area (TPSA) is 32.9 Å². The molecule has 0 aliphatic rings. The van der Waals surface area contributed by atoms with Crippen molar-refractivity contribution in [1.82, 2.24) is 4.98 Å². The van der Waals surface area contributed by atoms with Crippen molar-refractivity contribution >= 4 is 17.2 Å². The van der Waals surface area contributed by atoms with E-state index in [2.05, 4.69) is 4.98 Å². The number of aldehydes is 1. The highest BCUT2D eigenvalue weighted by molar-refractivity contribution is 6.04. The fourth-order valence-electron chi connectivity index (χ4n) is 2.22. The maximum Gasteiger partial charge on any atom is 0.168 e. The molecule has 0 amide bonds. The van der Waals surface area contributed by atoms with Crippen molar-refractivity contribution in [2.24, 2.45) is 0 Å². The van der Waals surface area contributed by atoms with Crippen LogP contribution in [0.5, 0.6) is 0 Å². The minimum absolute atomic E-state index is 0.0660. The Balaban J connectivity index is 2.36. The van der Waals surface area contributed by atoms with Crippen LogP contribution in [0.15, 0.2) is 36.4 Å². The van der Waals surface area contributed by atoms with E-state index in [1.54, 1.807) is 0 Å². The summed E-state index contributed by atoms with van der Waals surface area (Å²) >= 11 is 0. The van der Waals surface area contributed by atoms with Gasteiger partial charge in [-0.15, -0.1) is 0 Å². The van der Waals surface area contributed by atoms with Crippen LogP contribution in [0.4, 0.5) is 13.2 Å². The normalized spacial score (nSPS) is 10.9. The van der Waals surface area contributed by atoms with E-state index in [4.69, 9.17) is 0 Å². The van der Waals surface area contributed by atoms with Gasteiger partial charge in [0, 0.05) is 22.0 Å². The molecule has 5 heteroatoms. The van der Waals surface area contributed by atoms with Crippen LogP contribution >= 0.6 is 0 Å². The molecule has 0 bridgehead atoms. The summed E-state index contributed by atoms with van der Waals surface area (Å²) < 4.78 is 40.4. The van der Waals surface area contributed by atoms with Crippen molar-refractivity contribution in [3.8, 4) is 11.3 Å². The lowest BCUT2D eigenvalue weighted by Crippen LogP contribution is -1.92. The number of carbonyl (C=O) groups is 1. The molecule has 3 aromatic rings. The second-order valence-corrected chi connectivity index (χ2v) is 4.32. The molecule has 0 spiro atoms. The van der Waals surface area contributed by atoms with Gasteiger partial charge in [0.1, 0.15) is 5.82 Å². The van der Waals surface area contributed by atoms with Crippen molar-refractivity contribution in [2.75, 3.05) is 0 Å². The second kappa shape index (κ2) is 4.52. The molecule has 1 aromatic heterocycles. The van der Waals surface area contributed by atoms with Crippen LogP contribution in [0.25, 0.3) is 22.2 Å². The minimum Gasteiger partial charge on any atom is -0.354 e. The van der Waals surface area contributed by atoms with Crippen LogP contribution in [0, 0.1) is 17.5 Å². The number of hydrogen-bond donors (Lipinski definition) is 1. The van der Waals surface area contributed by atoms with Gasteiger partial charge >= 0.3 is 0 Å². The van der Waals surface area contributed by atoms with Gasteiger partial charge < -0.3 is 4.98 Å². The molecule has 2 nitrogen and oxygen atoms in total. The molecular formula is C15H8F3NO. The SMILES string of the molecule is O=Cc1c(-c2cccc(F)c2F)[nH]c2ccc(F)cc12. The Labute approximate surface area is 111 Å². The van der Waals surface area contributed by atoms with Crippen LogP contribution in [0.1, 0.15) is 10.4 Å². The van der Waals surface area contributed by atoms with E-state index in [9.17, 15) is 18.0 Å². The Morgan fingerprint density at radius 3 is 2.60 bits per heavy atom. The van der Waals surface area contributed by atoms with E-state index in [-0.39, 0.29) is 16.8 Å². The molecule has 2 aromatic carbocycles. The summed E-state index contributed by atoms with van der Waals surface area (Å²) in [5, 5.41) is 0.332. The fourth-order valence-corrected chi connectivity index (χ4v) is 2.22. The summed E-state index contributed by atoms with van der Waals surface area (Å²) in [5.41, 5.74) is 0.650. The largest absolute Gasteiger partial charge is 0.354 e. The molecule has 0 saturated heterocycles. The van der Waals surface area contributed by atoms with Gasteiger partial charge in [0.25, 0.3) is 0 Å². The zero-order valence-electron chi connectivity index (χ0n) is 10.1. The quantitative estimate of drug-likeness (QED) is 0.703. The first kappa shape index (κ1) is 12.5. The molecular weight excluding hydrogens is 267 g/mol. The molecule has 0 atom stereocenters. The van der Waals surface area contributed by atoms with E-state index in [1.165, 1.54) is 30.3 Å². The van der Waals surface area contributed by atoms with Gasteiger partial charge in [-0.25, -0.2) is 13.2 Å². The summed E-state index contributed by atoms with van der Waals surface area (Å²) in [7, 11) is 0. The highest BCUT2D eigenvalue weighted by Crippen LogP contribution is 2.31. The van der Waals surface area contributed by atoms with Crippen molar-refractivity contribution in [3.63, 3.8) is 0 Å². The average Bonchev–Trinajstić information content (AvgIpc) is 2.79. The molecule has 1 heterocycles. The number of aromatic amines is 1. The first-order valence-corrected chi connectivity index (χ1v) is 5.82. The highest BCUT2D eigenvalue weighted by Gasteiger charge is 2.17. The standard InChI is InChI=1S/C15H8F3NO/c16-8-4-5-13-10(6-8)11(7-20)15(19-13)9-2-1-3-12(17)14(9)18/h1-7,19H. The zero-order chi connectivity index (χ0) is 14.3. The smallest absolute Gasteiger partial charge is 0.168 e. The van der Waals surface area contributed by atoms with Gasteiger partial charge in [-0.3, -0.25) is 4.79 Å². The molecule has 0 radical (unpaired) electrons. The summed E-state index contributed by atoms with van der Waals surface area (Å²) in [5.74, 6) is -2.57. The lowest BCUT2D eigenvalue weighted by Gasteiger charge is -2.02. The van der Waals surface area contributed by atoms with Crippen LogP contribution in [0.3, 0.4) is 0 Å². The third-order valence-corrected chi connectivity index (χ3v) is 3.14. The third kappa shape index (κ3) is 1.79. The molecule has 0 saturated carbocycles. The van der Waals surface area contributed by atoms with Gasteiger partial charge in [0.2, 0.25) is 0 Å². The number of carbonyl (C=O) groups excluding carboxylic acids is 1. The Hall–Kier alpha value is -2.56. The van der Waals surface area contributed by atoms with Crippen LogP contribution in [-0.2, 0) is 0 Å². The van der Waals surface area contributed by atoms with Gasteiger partial charge in [-0.2, -0.15) is 0 Å². The lowest BCUT2D eigenvalue weighted by molar-refractivity contribution is 0.112. The predicted octanol–water partition coefficient (Wildman–Crippen LogP) is 4.06. The van der Waals surface area contributed by atoms with E-state index >= 15 is 0 Å². The van der Waals surface area contributed by atoms with E-state index in [0.29, 0.717) is 17.2 Å². The molecule has 0 unspecified atom stereocenters. The first-order chi connectivity index (χ1) is 9.61. The van der Waals surface area contributed by atoms with Crippen molar-refractivity contribution < 1.29 is 18.0 Å². The molecule has 100 valence electrons. The number of halogens is 3. The molecule has 1 N–H and O–H groups in total. The number of H-pyrrole nitrogens is 1. The van der Waals surface area contributed by atoms with Crippen molar-refractivity contribution in [2.45, 2.75) is 0 Å². The maximum atomic E-state index is 13.8. The van der Waals surface area contributed by atoms with Crippen LogP contribution < -0.4 is 0 Å². The van der Waals surface area contributed by atoms with Crippen molar-refractivity contribution in [3.05, 3.63) is 59.4 Å². The summed E-state index contributed by atoms with van der Waals surface area (Å²) in [4.78, 5) is 14.0. The average molecular weight is 275 g/mol. The van der Waals surface area contributed by atoms with Gasteiger partial charge in [-0.05, 0) is 30.3 Å². The molecule has 0 aliphatic carbocycles. The predicted molar refractivity (Wildman–Crippen MR) is 69.0 cm³/mol. The molecule has 20 heavy (non-hydrogen) atoms. The fraction of sp³-hybridized carbons (Fsp3) is 0. The molecule has 3 rings (SSSR count). The molecule has 0 fully saturated rings. The number of fused-ring (bicyclic) bond motifs is 1. The number of hydrogen-bond acceptors (Lipinski definition) is 1. The van der Waals surface area contributed by atoms with E-state index in [0.717, 1.165) is 6.07 Å². The Bertz CT molecular complexity index is 823. The minimum atomic E-state index is -1.05. The Morgan fingerprint density at radius 1 is 1.05 bits per heavy atom. The number of rotatable bonds is 2. The number of aromatic nitrogens is 1. The molecule has 0 aliphatic heterocycles. The van der Waals surface area contributed by atoms with Gasteiger partial charge in [0.05, 0.1) is 5.69 Å². The Kier molecular flexibility index (Phi) is 2.82. The first-order valence-electron chi connectivity index (χ1n) is 5.82. The van der Waals surface area contributed by atoms with E-state index in [1.807, 2.05) is 0 Å². The Morgan fingerprint density at radius 2 is 1.85 bits per heavy atom. The van der Waals surface area contributed by atoms with Crippen LogP contribution in [0.2, 0.25) is 0 Å².